The largest absolute Gasteiger partial charge is 0.345 e. The van der Waals surface area contributed by atoms with Crippen molar-refractivity contribution in [1.82, 2.24) is 20.5 Å². The Balaban J connectivity index is 2.10. The van der Waals surface area contributed by atoms with Crippen molar-refractivity contribution in [2.24, 2.45) is 0 Å². The van der Waals surface area contributed by atoms with Crippen LogP contribution in [0.5, 0.6) is 0 Å². The van der Waals surface area contributed by atoms with E-state index in [1.54, 1.807) is 26.0 Å². The summed E-state index contributed by atoms with van der Waals surface area (Å²) >= 11 is 0. The molecule has 0 radical (unpaired) electrons. The minimum Gasteiger partial charge on any atom is -0.345 e. The average molecular weight is 275 g/mol. The van der Waals surface area contributed by atoms with E-state index in [1.165, 1.54) is 6.07 Å². The first-order valence-corrected chi connectivity index (χ1v) is 5.89. The molecule has 0 aliphatic rings. The third-order valence-corrected chi connectivity index (χ3v) is 2.85. The number of nitrogens with one attached hydrogen (secondary N) is 2. The van der Waals surface area contributed by atoms with Gasteiger partial charge in [-0.1, -0.05) is 12.1 Å². The predicted molar refractivity (Wildman–Crippen MR) is 70.1 cm³/mol. The van der Waals surface area contributed by atoms with Crippen LogP contribution in [0, 0.1) is 24.0 Å². The molecule has 0 aliphatic carbocycles. The van der Waals surface area contributed by atoms with E-state index in [0.717, 1.165) is 0 Å². The highest BCUT2D eigenvalue weighted by atomic mass is 16.6. The van der Waals surface area contributed by atoms with Crippen molar-refractivity contribution in [3.05, 3.63) is 51.1 Å². The number of rotatable bonds is 4. The molecule has 8 heteroatoms. The molecule has 1 aromatic carbocycles. The van der Waals surface area contributed by atoms with Crippen molar-refractivity contribution < 1.29 is 9.72 Å². The number of amides is 1. The number of carbonyl (C=O) groups excluding carboxylic acids is 1. The van der Waals surface area contributed by atoms with Gasteiger partial charge in [-0.3, -0.25) is 20.0 Å². The number of nitro benzene ring substituents is 1. The molecule has 2 N–H and O–H groups in total. The number of nitro groups is 1. The summed E-state index contributed by atoms with van der Waals surface area (Å²) in [5.74, 6) is 0.160. The Labute approximate surface area is 114 Å². The van der Waals surface area contributed by atoms with Gasteiger partial charge in [0.1, 0.15) is 5.82 Å². The van der Waals surface area contributed by atoms with Crippen LogP contribution in [0.2, 0.25) is 0 Å². The lowest BCUT2D eigenvalue weighted by Gasteiger charge is -2.06. The zero-order chi connectivity index (χ0) is 14.7. The number of benzene rings is 1. The number of hydrogen-bond donors (Lipinski definition) is 2. The average Bonchev–Trinajstić information content (AvgIpc) is 2.83. The molecule has 0 unspecified atom stereocenters. The summed E-state index contributed by atoms with van der Waals surface area (Å²) in [5, 5.41) is 19.8. The lowest BCUT2D eigenvalue weighted by atomic mass is 10.1. The van der Waals surface area contributed by atoms with E-state index in [4.69, 9.17) is 0 Å². The molecule has 0 spiro atoms. The van der Waals surface area contributed by atoms with Gasteiger partial charge in [0.25, 0.3) is 11.6 Å². The Kier molecular flexibility index (Phi) is 3.74. The number of carbonyl (C=O) groups is 1. The zero-order valence-corrected chi connectivity index (χ0v) is 11.0. The second kappa shape index (κ2) is 5.47. The maximum Gasteiger partial charge on any atom is 0.291 e. The fourth-order valence-electron chi connectivity index (χ4n) is 1.76. The van der Waals surface area contributed by atoms with Crippen LogP contribution < -0.4 is 5.32 Å². The van der Waals surface area contributed by atoms with E-state index in [0.29, 0.717) is 17.0 Å². The molecule has 0 saturated heterocycles. The van der Waals surface area contributed by atoms with Crippen molar-refractivity contribution in [1.29, 1.82) is 0 Å². The van der Waals surface area contributed by atoms with Gasteiger partial charge < -0.3 is 5.32 Å². The third kappa shape index (κ3) is 2.79. The van der Waals surface area contributed by atoms with Crippen LogP contribution in [-0.2, 0) is 6.54 Å². The molecule has 0 saturated carbocycles. The van der Waals surface area contributed by atoms with E-state index >= 15 is 0 Å². The van der Waals surface area contributed by atoms with Crippen molar-refractivity contribution in [2.45, 2.75) is 20.4 Å². The van der Waals surface area contributed by atoms with E-state index in [1.807, 2.05) is 0 Å². The van der Waals surface area contributed by atoms with Gasteiger partial charge in [-0.25, -0.2) is 4.98 Å². The molecular weight excluding hydrogens is 262 g/mol. The number of nitrogens with zero attached hydrogens (tertiary/aromatic N) is 3. The van der Waals surface area contributed by atoms with Gasteiger partial charge in [0.2, 0.25) is 5.82 Å². The summed E-state index contributed by atoms with van der Waals surface area (Å²) in [7, 11) is 0. The van der Waals surface area contributed by atoms with Crippen LogP contribution in [0.3, 0.4) is 0 Å². The van der Waals surface area contributed by atoms with E-state index in [2.05, 4.69) is 20.5 Å². The lowest BCUT2D eigenvalue weighted by molar-refractivity contribution is -0.385. The highest BCUT2D eigenvalue weighted by Crippen LogP contribution is 2.20. The Morgan fingerprint density at radius 3 is 2.80 bits per heavy atom. The molecule has 2 aromatic rings. The van der Waals surface area contributed by atoms with Crippen molar-refractivity contribution >= 4 is 11.6 Å². The first kappa shape index (κ1) is 13.7. The quantitative estimate of drug-likeness (QED) is 0.644. The van der Waals surface area contributed by atoms with Crippen LogP contribution in [-0.4, -0.2) is 26.0 Å². The highest BCUT2D eigenvalue weighted by Gasteiger charge is 2.15. The van der Waals surface area contributed by atoms with Gasteiger partial charge in [0.05, 0.1) is 4.92 Å². The van der Waals surface area contributed by atoms with Gasteiger partial charge in [-0.05, 0) is 19.4 Å². The van der Waals surface area contributed by atoms with Gasteiger partial charge in [0.15, 0.2) is 0 Å². The van der Waals surface area contributed by atoms with E-state index in [-0.39, 0.29) is 18.1 Å². The van der Waals surface area contributed by atoms with Gasteiger partial charge in [-0.2, -0.15) is 0 Å². The third-order valence-electron chi connectivity index (χ3n) is 2.85. The first-order chi connectivity index (χ1) is 9.49. The molecule has 0 fully saturated rings. The Bertz CT molecular complexity index is 665. The van der Waals surface area contributed by atoms with Crippen LogP contribution in [0.4, 0.5) is 5.69 Å². The summed E-state index contributed by atoms with van der Waals surface area (Å²) in [4.78, 5) is 26.1. The van der Waals surface area contributed by atoms with E-state index < -0.39 is 10.8 Å². The molecule has 0 bridgehead atoms. The summed E-state index contributed by atoms with van der Waals surface area (Å²) in [6.07, 6.45) is 0. The molecular formula is C12H13N5O3. The summed E-state index contributed by atoms with van der Waals surface area (Å²) in [6, 6.07) is 4.74. The molecule has 1 amide bonds. The molecule has 0 aliphatic heterocycles. The lowest BCUT2D eigenvalue weighted by Crippen LogP contribution is -2.24. The summed E-state index contributed by atoms with van der Waals surface area (Å²) in [6.45, 7) is 3.52. The molecule has 2 rings (SSSR count). The minimum atomic E-state index is -0.445. The SMILES string of the molecule is Cc1nc(C(=O)NCc2cccc([N+](=O)[O-])c2C)n[nH]1. The second-order valence-corrected chi connectivity index (χ2v) is 4.25. The minimum absolute atomic E-state index is 0.0329. The van der Waals surface area contributed by atoms with Gasteiger partial charge in [0, 0.05) is 18.2 Å². The standard InChI is InChI=1S/C12H13N5O3/c1-7-9(4-3-5-10(7)17(19)20)6-13-12(18)11-14-8(2)15-16-11/h3-5H,6H2,1-2H3,(H,13,18)(H,14,15,16). The van der Waals surface area contributed by atoms with Crippen LogP contribution in [0.1, 0.15) is 27.6 Å². The fraction of sp³-hybridized carbons (Fsp3) is 0.250. The molecule has 8 nitrogen and oxygen atoms in total. The van der Waals surface area contributed by atoms with Crippen LogP contribution in [0.25, 0.3) is 0 Å². The van der Waals surface area contributed by atoms with Gasteiger partial charge in [-0.15, -0.1) is 5.10 Å². The topological polar surface area (TPSA) is 114 Å². The maximum atomic E-state index is 11.8. The molecule has 20 heavy (non-hydrogen) atoms. The van der Waals surface area contributed by atoms with Crippen molar-refractivity contribution in [3.8, 4) is 0 Å². The van der Waals surface area contributed by atoms with Crippen LogP contribution in [0.15, 0.2) is 18.2 Å². The molecule has 1 aromatic heterocycles. The number of H-pyrrole nitrogens is 1. The first-order valence-electron chi connectivity index (χ1n) is 5.89. The maximum absolute atomic E-state index is 11.8. The smallest absolute Gasteiger partial charge is 0.291 e. The highest BCUT2D eigenvalue weighted by molar-refractivity contribution is 5.90. The van der Waals surface area contributed by atoms with Crippen molar-refractivity contribution in [3.63, 3.8) is 0 Å². The Morgan fingerprint density at radius 2 is 2.20 bits per heavy atom. The fourth-order valence-corrected chi connectivity index (χ4v) is 1.76. The Hall–Kier alpha value is -2.77. The molecule has 0 atom stereocenters. The molecule has 104 valence electrons. The monoisotopic (exact) mass is 275 g/mol. The van der Waals surface area contributed by atoms with Gasteiger partial charge >= 0.3 is 0 Å². The zero-order valence-electron chi connectivity index (χ0n) is 11.0. The van der Waals surface area contributed by atoms with E-state index in [9.17, 15) is 14.9 Å². The second-order valence-electron chi connectivity index (χ2n) is 4.25. The predicted octanol–water partition coefficient (Wildman–Crippen LogP) is 1.26. The van der Waals surface area contributed by atoms with Crippen molar-refractivity contribution in [2.75, 3.05) is 0 Å². The number of aromatic nitrogens is 3. The summed E-state index contributed by atoms with van der Waals surface area (Å²) < 4.78 is 0. The number of hydrogen-bond acceptors (Lipinski definition) is 5. The summed E-state index contributed by atoms with van der Waals surface area (Å²) in [5.41, 5.74) is 1.24. The van der Waals surface area contributed by atoms with Crippen LogP contribution >= 0.6 is 0 Å². The Morgan fingerprint density at radius 1 is 1.45 bits per heavy atom. The number of aryl methyl sites for hydroxylation is 1. The molecule has 1 heterocycles. The number of aromatic amines is 1. The normalized spacial score (nSPS) is 10.3.